The third-order valence-corrected chi connectivity index (χ3v) is 3.50. The van der Waals surface area contributed by atoms with Gasteiger partial charge in [0, 0.05) is 20.0 Å². The molecule has 0 radical (unpaired) electrons. The van der Waals surface area contributed by atoms with Gasteiger partial charge in [0.25, 0.3) is 0 Å². The van der Waals surface area contributed by atoms with Gasteiger partial charge in [-0.3, -0.25) is 4.79 Å². The van der Waals surface area contributed by atoms with Crippen molar-refractivity contribution < 1.29 is 9.18 Å². The van der Waals surface area contributed by atoms with Crippen LogP contribution < -0.4 is 0 Å². The number of nitrogens with zero attached hydrogens (tertiary/aromatic N) is 1. The number of hydrogen-bond acceptors (Lipinski definition) is 1. The quantitative estimate of drug-likeness (QED) is 0.771. The first-order valence-electron chi connectivity index (χ1n) is 6.15. The fourth-order valence-electron chi connectivity index (χ4n) is 2.41. The average Bonchev–Trinajstić information content (AvgIpc) is 2.33. The first-order valence-corrected chi connectivity index (χ1v) is 6.15. The molecule has 3 heteroatoms. The summed E-state index contributed by atoms with van der Waals surface area (Å²) in [6, 6.07) is 6.74. The van der Waals surface area contributed by atoms with Gasteiger partial charge >= 0.3 is 0 Å². The highest BCUT2D eigenvalue weighted by atomic mass is 19.1. The highest BCUT2D eigenvalue weighted by Crippen LogP contribution is 2.21. The third-order valence-electron chi connectivity index (χ3n) is 3.50. The molecule has 0 bridgehead atoms. The van der Waals surface area contributed by atoms with E-state index in [-0.39, 0.29) is 11.7 Å². The molecule has 0 N–H and O–H groups in total. The summed E-state index contributed by atoms with van der Waals surface area (Å²) in [7, 11) is 0. The van der Waals surface area contributed by atoms with E-state index in [0.717, 1.165) is 32.4 Å². The van der Waals surface area contributed by atoms with Crippen LogP contribution in [0.3, 0.4) is 0 Å². The Morgan fingerprint density at radius 2 is 1.88 bits per heavy atom. The molecule has 0 saturated carbocycles. The van der Waals surface area contributed by atoms with Gasteiger partial charge in [-0.1, -0.05) is 12.1 Å². The highest BCUT2D eigenvalue weighted by molar-refractivity contribution is 5.73. The maximum absolute atomic E-state index is 12.8. The molecule has 17 heavy (non-hydrogen) atoms. The molecule has 1 aliphatic heterocycles. The van der Waals surface area contributed by atoms with Crippen LogP contribution in [0.15, 0.2) is 24.3 Å². The number of likely N-dealkylation sites (tertiary alicyclic amines) is 1. The Balaban J connectivity index is 1.85. The SMILES string of the molecule is CC(=O)N1CCC(Cc2ccc(F)cc2)CC1. The van der Waals surface area contributed by atoms with E-state index in [1.54, 1.807) is 6.92 Å². The summed E-state index contributed by atoms with van der Waals surface area (Å²) in [6.45, 7) is 3.35. The van der Waals surface area contributed by atoms with Crippen LogP contribution in [0, 0.1) is 11.7 Å². The van der Waals surface area contributed by atoms with E-state index in [2.05, 4.69) is 0 Å². The molecule has 0 aliphatic carbocycles. The minimum Gasteiger partial charge on any atom is -0.343 e. The Kier molecular flexibility index (Phi) is 3.77. The summed E-state index contributed by atoms with van der Waals surface area (Å²) in [5.41, 5.74) is 1.19. The molecule has 1 aromatic rings. The number of benzene rings is 1. The molecule has 92 valence electrons. The summed E-state index contributed by atoms with van der Waals surface area (Å²) in [4.78, 5) is 13.1. The monoisotopic (exact) mass is 235 g/mol. The van der Waals surface area contributed by atoms with Crippen molar-refractivity contribution in [2.75, 3.05) is 13.1 Å². The van der Waals surface area contributed by atoms with Crippen LogP contribution >= 0.6 is 0 Å². The Hall–Kier alpha value is -1.38. The van der Waals surface area contributed by atoms with E-state index in [1.165, 1.54) is 17.7 Å². The molecule has 1 amide bonds. The van der Waals surface area contributed by atoms with Gasteiger partial charge in [-0.2, -0.15) is 0 Å². The Labute approximate surface area is 101 Å². The van der Waals surface area contributed by atoms with E-state index in [4.69, 9.17) is 0 Å². The van der Waals surface area contributed by atoms with Crippen molar-refractivity contribution >= 4 is 5.91 Å². The van der Waals surface area contributed by atoms with E-state index in [9.17, 15) is 9.18 Å². The van der Waals surface area contributed by atoms with E-state index >= 15 is 0 Å². The van der Waals surface area contributed by atoms with Crippen molar-refractivity contribution in [1.29, 1.82) is 0 Å². The smallest absolute Gasteiger partial charge is 0.219 e. The lowest BCUT2D eigenvalue weighted by atomic mass is 9.90. The lowest BCUT2D eigenvalue weighted by molar-refractivity contribution is -0.130. The molecule has 0 atom stereocenters. The zero-order valence-corrected chi connectivity index (χ0v) is 10.2. The van der Waals surface area contributed by atoms with Crippen molar-refractivity contribution in [2.24, 2.45) is 5.92 Å². The molecular formula is C14H18FNO. The fraction of sp³-hybridized carbons (Fsp3) is 0.500. The predicted octanol–water partition coefficient (Wildman–Crippen LogP) is 2.63. The van der Waals surface area contributed by atoms with Gasteiger partial charge in [-0.15, -0.1) is 0 Å². The van der Waals surface area contributed by atoms with Crippen LogP contribution in [0.1, 0.15) is 25.3 Å². The number of piperidine rings is 1. The van der Waals surface area contributed by atoms with Gasteiger partial charge in [0.15, 0.2) is 0 Å². The number of carbonyl (C=O) groups excluding carboxylic acids is 1. The summed E-state index contributed by atoms with van der Waals surface area (Å²) in [5.74, 6) is 0.612. The minimum absolute atomic E-state index is 0.172. The van der Waals surface area contributed by atoms with Gasteiger partial charge in [0.1, 0.15) is 5.82 Å². The van der Waals surface area contributed by atoms with Gasteiger partial charge in [-0.25, -0.2) is 4.39 Å². The topological polar surface area (TPSA) is 20.3 Å². The molecule has 1 aromatic carbocycles. The minimum atomic E-state index is -0.180. The number of halogens is 1. The van der Waals surface area contributed by atoms with Crippen LogP contribution in [0.25, 0.3) is 0 Å². The van der Waals surface area contributed by atoms with Crippen molar-refractivity contribution in [2.45, 2.75) is 26.2 Å². The molecule has 0 unspecified atom stereocenters. The molecule has 0 aromatic heterocycles. The third kappa shape index (κ3) is 3.29. The number of hydrogen-bond donors (Lipinski definition) is 0. The largest absolute Gasteiger partial charge is 0.343 e. The normalized spacial score (nSPS) is 17.2. The summed E-state index contributed by atoms with van der Waals surface area (Å²) < 4.78 is 12.8. The molecule has 2 nitrogen and oxygen atoms in total. The standard InChI is InChI=1S/C14H18FNO/c1-11(17)16-8-6-13(7-9-16)10-12-2-4-14(15)5-3-12/h2-5,13H,6-10H2,1H3. The number of amides is 1. The van der Waals surface area contributed by atoms with E-state index in [1.807, 2.05) is 17.0 Å². The number of carbonyl (C=O) groups is 1. The molecule has 0 spiro atoms. The second-order valence-electron chi connectivity index (χ2n) is 4.78. The zero-order valence-electron chi connectivity index (χ0n) is 10.2. The van der Waals surface area contributed by atoms with Gasteiger partial charge in [0.2, 0.25) is 5.91 Å². The molecular weight excluding hydrogens is 217 g/mol. The van der Waals surface area contributed by atoms with Gasteiger partial charge in [-0.05, 0) is 42.9 Å². The fourth-order valence-corrected chi connectivity index (χ4v) is 2.41. The molecule has 1 aliphatic rings. The van der Waals surface area contributed by atoms with Gasteiger partial charge in [0.05, 0.1) is 0 Å². The highest BCUT2D eigenvalue weighted by Gasteiger charge is 2.20. The Bertz CT molecular complexity index is 380. The molecule has 1 fully saturated rings. The second kappa shape index (κ2) is 5.30. The van der Waals surface area contributed by atoms with Crippen molar-refractivity contribution in [1.82, 2.24) is 4.90 Å². The van der Waals surface area contributed by atoms with Crippen LogP contribution in [-0.4, -0.2) is 23.9 Å². The van der Waals surface area contributed by atoms with Crippen LogP contribution in [-0.2, 0) is 11.2 Å². The molecule has 1 heterocycles. The maximum Gasteiger partial charge on any atom is 0.219 e. The first-order chi connectivity index (χ1) is 8.15. The number of rotatable bonds is 2. The molecule has 2 rings (SSSR count). The summed E-state index contributed by atoms with van der Waals surface area (Å²) in [6.07, 6.45) is 3.10. The zero-order chi connectivity index (χ0) is 12.3. The summed E-state index contributed by atoms with van der Waals surface area (Å²) >= 11 is 0. The van der Waals surface area contributed by atoms with Crippen molar-refractivity contribution in [3.05, 3.63) is 35.6 Å². The van der Waals surface area contributed by atoms with Crippen molar-refractivity contribution in [3.63, 3.8) is 0 Å². The maximum atomic E-state index is 12.8. The molecule has 1 saturated heterocycles. The van der Waals surface area contributed by atoms with Crippen LogP contribution in [0.2, 0.25) is 0 Å². The van der Waals surface area contributed by atoms with Gasteiger partial charge < -0.3 is 4.90 Å². The van der Waals surface area contributed by atoms with E-state index < -0.39 is 0 Å². The van der Waals surface area contributed by atoms with Crippen LogP contribution in [0.4, 0.5) is 4.39 Å². The lowest BCUT2D eigenvalue weighted by Gasteiger charge is -2.31. The van der Waals surface area contributed by atoms with E-state index in [0.29, 0.717) is 5.92 Å². The first kappa shape index (κ1) is 12.1. The summed E-state index contributed by atoms with van der Waals surface area (Å²) in [5, 5.41) is 0. The lowest BCUT2D eigenvalue weighted by Crippen LogP contribution is -2.37. The van der Waals surface area contributed by atoms with Crippen LogP contribution in [0.5, 0.6) is 0 Å². The Morgan fingerprint density at radius 1 is 1.29 bits per heavy atom. The second-order valence-corrected chi connectivity index (χ2v) is 4.78. The Morgan fingerprint density at radius 3 is 2.41 bits per heavy atom. The van der Waals surface area contributed by atoms with Crippen molar-refractivity contribution in [3.8, 4) is 0 Å². The predicted molar refractivity (Wildman–Crippen MR) is 65.1 cm³/mol. The average molecular weight is 235 g/mol.